The molecule has 1 unspecified atom stereocenters. The zero-order valence-electron chi connectivity index (χ0n) is 8.82. The quantitative estimate of drug-likeness (QED) is 0.551. The van der Waals surface area contributed by atoms with Gasteiger partial charge in [0.25, 0.3) is 0 Å². The molecule has 1 fully saturated rings. The van der Waals surface area contributed by atoms with Crippen molar-refractivity contribution < 1.29 is 19.7 Å². The SMILES string of the molecule is CC(=CC(=O)O)CNCC1(O)CCOC1. The van der Waals surface area contributed by atoms with Gasteiger partial charge in [0.05, 0.1) is 6.61 Å². The number of carbonyl (C=O) groups is 1. The number of carboxylic acids is 1. The Balaban J connectivity index is 2.23. The van der Waals surface area contributed by atoms with Crippen molar-refractivity contribution >= 4 is 5.97 Å². The van der Waals surface area contributed by atoms with Gasteiger partial charge in [-0.05, 0) is 6.92 Å². The maximum Gasteiger partial charge on any atom is 0.328 e. The van der Waals surface area contributed by atoms with Gasteiger partial charge in [0.1, 0.15) is 5.60 Å². The van der Waals surface area contributed by atoms with Crippen LogP contribution in [0.3, 0.4) is 0 Å². The summed E-state index contributed by atoms with van der Waals surface area (Å²) in [6.45, 7) is 3.56. The second-order valence-corrected chi connectivity index (χ2v) is 3.96. The molecular formula is C10H17NO4. The number of aliphatic carboxylic acids is 1. The predicted molar refractivity (Wildman–Crippen MR) is 54.6 cm³/mol. The molecule has 0 saturated carbocycles. The molecule has 15 heavy (non-hydrogen) atoms. The van der Waals surface area contributed by atoms with Gasteiger partial charge in [-0.15, -0.1) is 0 Å². The number of aliphatic hydroxyl groups is 1. The lowest BCUT2D eigenvalue weighted by molar-refractivity contribution is -0.131. The molecule has 5 heteroatoms. The number of carboxylic acid groups (broad SMARTS) is 1. The zero-order chi connectivity index (χ0) is 11.3. The van der Waals surface area contributed by atoms with Crippen molar-refractivity contribution in [2.24, 2.45) is 0 Å². The minimum atomic E-state index is -0.947. The molecule has 1 aliphatic heterocycles. The predicted octanol–water partition coefficient (Wildman–Crippen LogP) is -0.242. The molecule has 0 bridgehead atoms. The van der Waals surface area contributed by atoms with E-state index in [9.17, 15) is 9.90 Å². The lowest BCUT2D eigenvalue weighted by Crippen LogP contribution is -2.41. The first kappa shape index (κ1) is 12.2. The van der Waals surface area contributed by atoms with Gasteiger partial charge in [-0.3, -0.25) is 0 Å². The Morgan fingerprint density at radius 1 is 1.67 bits per heavy atom. The van der Waals surface area contributed by atoms with Gasteiger partial charge in [0, 0.05) is 32.2 Å². The minimum Gasteiger partial charge on any atom is -0.478 e. The van der Waals surface area contributed by atoms with E-state index < -0.39 is 11.6 Å². The van der Waals surface area contributed by atoms with E-state index in [1.807, 2.05) is 0 Å². The van der Waals surface area contributed by atoms with E-state index in [-0.39, 0.29) is 0 Å². The second-order valence-electron chi connectivity index (χ2n) is 3.96. The molecule has 1 atom stereocenters. The third-order valence-electron chi connectivity index (χ3n) is 2.31. The van der Waals surface area contributed by atoms with Gasteiger partial charge in [0.15, 0.2) is 0 Å². The van der Waals surface area contributed by atoms with Crippen LogP contribution in [0.1, 0.15) is 13.3 Å². The summed E-state index contributed by atoms with van der Waals surface area (Å²) in [6, 6.07) is 0. The van der Waals surface area contributed by atoms with E-state index in [2.05, 4.69) is 5.32 Å². The van der Waals surface area contributed by atoms with Crippen molar-refractivity contribution in [1.82, 2.24) is 5.32 Å². The summed E-state index contributed by atoms with van der Waals surface area (Å²) in [7, 11) is 0. The van der Waals surface area contributed by atoms with Crippen molar-refractivity contribution in [2.45, 2.75) is 18.9 Å². The zero-order valence-corrected chi connectivity index (χ0v) is 8.82. The van der Waals surface area contributed by atoms with E-state index in [4.69, 9.17) is 9.84 Å². The van der Waals surface area contributed by atoms with Crippen molar-refractivity contribution in [3.63, 3.8) is 0 Å². The lowest BCUT2D eigenvalue weighted by atomic mass is 10.0. The van der Waals surface area contributed by atoms with E-state index in [0.717, 1.165) is 11.6 Å². The summed E-state index contributed by atoms with van der Waals surface area (Å²) in [6.07, 6.45) is 1.78. The van der Waals surface area contributed by atoms with Crippen LogP contribution in [0.5, 0.6) is 0 Å². The number of ether oxygens (including phenoxy) is 1. The number of hydrogen-bond donors (Lipinski definition) is 3. The molecule has 5 nitrogen and oxygen atoms in total. The van der Waals surface area contributed by atoms with Gasteiger partial charge in [-0.1, -0.05) is 5.57 Å². The largest absolute Gasteiger partial charge is 0.478 e. The Labute approximate surface area is 88.7 Å². The average molecular weight is 215 g/mol. The molecule has 1 heterocycles. The molecule has 0 amide bonds. The maximum atomic E-state index is 10.3. The van der Waals surface area contributed by atoms with Crippen LogP contribution < -0.4 is 5.32 Å². The van der Waals surface area contributed by atoms with Crippen LogP contribution in [-0.4, -0.2) is 48.1 Å². The summed E-state index contributed by atoms with van der Waals surface area (Å²) < 4.78 is 5.08. The molecule has 86 valence electrons. The Morgan fingerprint density at radius 2 is 2.40 bits per heavy atom. The first-order valence-corrected chi connectivity index (χ1v) is 4.93. The second kappa shape index (κ2) is 5.25. The van der Waals surface area contributed by atoms with Crippen LogP contribution in [-0.2, 0) is 9.53 Å². The van der Waals surface area contributed by atoms with E-state index >= 15 is 0 Å². The van der Waals surface area contributed by atoms with E-state index in [1.165, 1.54) is 0 Å². The first-order chi connectivity index (χ1) is 7.02. The topological polar surface area (TPSA) is 78.8 Å². The number of hydrogen-bond acceptors (Lipinski definition) is 4. The van der Waals surface area contributed by atoms with Crippen LogP contribution >= 0.6 is 0 Å². The molecule has 0 aromatic rings. The molecule has 1 aliphatic rings. The molecule has 1 rings (SSSR count). The minimum absolute atomic E-state index is 0.349. The molecule has 0 aliphatic carbocycles. The van der Waals surface area contributed by atoms with Crippen LogP contribution in [0.2, 0.25) is 0 Å². The molecule has 0 spiro atoms. The van der Waals surface area contributed by atoms with E-state index in [0.29, 0.717) is 32.7 Å². The number of rotatable bonds is 5. The van der Waals surface area contributed by atoms with Crippen LogP contribution in [0.15, 0.2) is 11.6 Å². The molecule has 3 N–H and O–H groups in total. The van der Waals surface area contributed by atoms with E-state index in [1.54, 1.807) is 6.92 Å². The van der Waals surface area contributed by atoms with Crippen LogP contribution in [0, 0.1) is 0 Å². The van der Waals surface area contributed by atoms with Gasteiger partial charge in [-0.2, -0.15) is 0 Å². The summed E-state index contributed by atoms with van der Waals surface area (Å²) in [4.78, 5) is 10.3. The maximum absolute atomic E-state index is 10.3. The van der Waals surface area contributed by atoms with Crippen LogP contribution in [0.4, 0.5) is 0 Å². The fourth-order valence-electron chi connectivity index (χ4n) is 1.49. The average Bonchev–Trinajstić information content (AvgIpc) is 2.51. The standard InChI is InChI=1S/C10H17NO4/c1-8(4-9(12)13)5-11-6-10(14)2-3-15-7-10/h4,11,14H,2-3,5-7H2,1H3,(H,12,13). The van der Waals surface area contributed by atoms with Crippen LogP contribution in [0.25, 0.3) is 0 Å². The molecule has 0 aromatic carbocycles. The van der Waals surface area contributed by atoms with Crippen molar-refractivity contribution in [3.8, 4) is 0 Å². The summed E-state index contributed by atoms with van der Waals surface area (Å²) in [5, 5.41) is 21.3. The molecule has 0 aromatic heterocycles. The Hall–Kier alpha value is -0.910. The van der Waals surface area contributed by atoms with Crippen molar-refractivity contribution in [3.05, 3.63) is 11.6 Å². The lowest BCUT2D eigenvalue weighted by Gasteiger charge is -2.20. The molecule has 1 saturated heterocycles. The molecular weight excluding hydrogens is 198 g/mol. The summed E-state index contributed by atoms with van der Waals surface area (Å²) >= 11 is 0. The Bertz CT molecular complexity index is 256. The fourth-order valence-corrected chi connectivity index (χ4v) is 1.49. The normalized spacial score (nSPS) is 26.9. The summed E-state index contributed by atoms with van der Waals surface area (Å²) in [5.74, 6) is -0.947. The third-order valence-corrected chi connectivity index (χ3v) is 2.31. The van der Waals surface area contributed by atoms with Crippen molar-refractivity contribution in [2.75, 3.05) is 26.3 Å². The highest BCUT2D eigenvalue weighted by atomic mass is 16.5. The van der Waals surface area contributed by atoms with Gasteiger partial charge < -0.3 is 20.3 Å². The van der Waals surface area contributed by atoms with Gasteiger partial charge in [-0.25, -0.2) is 4.79 Å². The van der Waals surface area contributed by atoms with Gasteiger partial charge >= 0.3 is 5.97 Å². The number of nitrogens with one attached hydrogen (secondary N) is 1. The highest BCUT2D eigenvalue weighted by molar-refractivity contribution is 5.80. The highest BCUT2D eigenvalue weighted by Crippen LogP contribution is 2.16. The summed E-state index contributed by atoms with van der Waals surface area (Å²) in [5.41, 5.74) is -0.0613. The highest BCUT2D eigenvalue weighted by Gasteiger charge is 2.31. The smallest absolute Gasteiger partial charge is 0.328 e. The van der Waals surface area contributed by atoms with Crippen molar-refractivity contribution in [1.29, 1.82) is 0 Å². The Morgan fingerprint density at radius 3 is 2.93 bits per heavy atom. The third kappa shape index (κ3) is 4.42. The monoisotopic (exact) mass is 215 g/mol. The van der Waals surface area contributed by atoms with Gasteiger partial charge in [0.2, 0.25) is 0 Å². The fraction of sp³-hybridized carbons (Fsp3) is 0.700. The first-order valence-electron chi connectivity index (χ1n) is 4.93. The Kier molecular flexibility index (Phi) is 4.26. The molecule has 0 radical (unpaired) electrons.